The summed E-state index contributed by atoms with van der Waals surface area (Å²) in [6.45, 7) is 0. The van der Waals surface area contributed by atoms with Crippen LogP contribution in [-0.2, 0) is 0 Å². The van der Waals surface area contributed by atoms with Crippen LogP contribution in [0, 0.1) is 0 Å². The molecule has 0 atom stereocenters. The van der Waals surface area contributed by atoms with Gasteiger partial charge in [0.15, 0.2) is 5.82 Å². The maximum absolute atomic E-state index is 5.91. The molecule has 0 amide bonds. The minimum atomic E-state index is 0.218. The van der Waals surface area contributed by atoms with Gasteiger partial charge in [0.05, 0.1) is 12.8 Å². The number of anilines is 1. The van der Waals surface area contributed by atoms with Gasteiger partial charge in [0.1, 0.15) is 5.75 Å². The predicted octanol–water partition coefficient (Wildman–Crippen LogP) is 3.18. The molecule has 21 heavy (non-hydrogen) atoms. The number of aromatic nitrogens is 3. The van der Waals surface area contributed by atoms with E-state index < -0.39 is 0 Å². The smallest absolute Gasteiger partial charge is 0.240 e. The van der Waals surface area contributed by atoms with Crippen molar-refractivity contribution in [3.8, 4) is 22.8 Å². The van der Waals surface area contributed by atoms with Crippen molar-refractivity contribution in [1.29, 1.82) is 0 Å². The van der Waals surface area contributed by atoms with Crippen molar-refractivity contribution in [3.05, 3.63) is 53.6 Å². The summed E-state index contributed by atoms with van der Waals surface area (Å²) in [6.07, 6.45) is 0. The lowest BCUT2D eigenvalue weighted by molar-refractivity contribution is 0.415. The van der Waals surface area contributed by atoms with Crippen LogP contribution in [0.3, 0.4) is 0 Å². The van der Waals surface area contributed by atoms with Crippen LogP contribution in [0.15, 0.2) is 48.5 Å². The van der Waals surface area contributed by atoms with E-state index in [1.54, 1.807) is 23.9 Å². The maximum Gasteiger partial charge on any atom is 0.240 e. The number of rotatable bonds is 3. The molecule has 1 aromatic heterocycles. The van der Waals surface area contributed by atoms with Crippen molar-refractivity contribution in [3.63, 3.8) is 0 Å². The molecule has 2 N–H and O–H groups in total. The predicted molar refractivity (Wildman–Crippen MR) is 82.8 cm³/mol. The fraction of sp³-hybridized carbons (Fsp3) is 0.0667. The zero-order valence-corrected chi connectivity index (χ0v) is 12.1. The Hall–Kier alpha value is -2.53. The topological polar surface area (TPSA) is 66.0 Å². The number of methoxy groups -OCH3 is 1. The number of benzene rings is 2. The Labute approximate surface area is 126 Å². The Bertz CT molecular complexity index is 750. The summed E-state index contributed by atoms with van der Waals surface area (Å²) in [4.78, 5) is 4.29. The van der Waals surface area contributed by atoms with Crippen LogP contribution < -0.4 is 10.5 Å². The molecule has 0 aliphatic rings. The number of nitrogen functional groups attached to an aromatic ring is 1. The number of halogens is 1. The monoisotopic (exact) mass is 300 g/mol. The van der Waals surface area contributed by atoms with E-state index in [9.17, 15) is 0 Å². The Balaban J connectivity index is 2.08. The lowest BCUT2D eigenvalue weighted by Gasteiger charge is -2.06. The van der Waals surface area contributed by atoms with Gasteiger partial charge in [-0.2, -0.15) is 4.98 Å². The van der Waals surface area contributed by atoms with E-state index in [4.69, 9.17) is 22.1 Å². The third-order valence-electron chi connectivity index (χ3n) is 3.04. The number of nitrogens with zero attached hydrogens (tertiary/aromatic N) is 3. The molecule has 3 aromatic rings. The van der Waals surface area contributed by atoms with Gasteiger partial charge in [-0.15, -0.1) is 5.10 Å². The summed E-state index contributed by atoms with van der Waals surface area (Å²) in [5.74, 6) is 1.66. The van der Waals surface area contributed by atoms with Crippen molar-refractivity contribution in [2.75, 3.05) is 12.8 Å². The van der Waals surface area contributed by atoms with Crippen molar-refractivity contribution in [2.24, 2.45) is 0 Å². The highest BCUT2D eigenvalue weighted by Crippen LogP contribution is 2.24. The van der Waals surface area contributed by atoms with Crippen LogP contribution in [0.5, 0.6) is 5.75 Å². The third kappa shape index (κ3) is 2.68. The molecule has 3 rings (SSSR count). The van der Waals surface area contributed by atoms with Gasteiger partial charge in [-0.05, 0) is 48.5 Å². The second-order valence-electron chi connectivity index (χ2n) is 4.41. The van der Waals surface area contributed by atoms with E-state index in [-0.39, 0.29) is 5.95 Å². The molecule has 0 bridgehead atoms. The quantitative estimate of drug-likeness (QED) is 0.807. The molecule has 5 nitrogen and oxygen atoms in total. The molecule has 6 heteroatoms. The summed E-state index contributed by atoms with van der Waals surface area (Å²) in [5, 5.41) is 4.90. The molecule has 2 aromatic carbocycles. The first kappa shape index (κ1) is 13.5. The van der Waals surface area contributed by atoms with Crippen molar-refractivity contribution < 1.29 is 4.74 Å². The van der Waals surface area contributed by atoms with Gasteiger partial charge >= 0.3 is 0 Å². The summed E-state index contributed by atoms with van der Waals surface area (Å²) >= 11 is 5.91. The molecular formula is C15H13ClN4O. The lowest BCUT2D eigenvalue weighted by Crippen LogP contribution is -1.99. The second-order valence-corrected chi connectivity index (χ2v) is 4.85. The van der Waals surface area contributed by atoms with Gasteiger partial charge in [-0.25, -0.2) is 4.68 Å². The molecule has 0 saturated heterocycles. The highest BCUT2D eigenvalue weighted by Gasteiger charge is 2.12. The average Bonchev–Trinajstić information content (AvgIpc) is 2.90. The molecule has 0 radical (unpaired) electrons. The van der Waals surface area contributed by atoms with E-state index in [1.165, 1.54) is 0 Å². The number of hydrogen-bond acceptors (Lipinski definition) is 4. The lowest BCUT2D eigenvalue weighted by atomic mass is 10.2. The number of ether oxygens (including phenoxy) is 1. The summed E-state index contributed by atoms with van der Waals surface area (Å²) < 4.78 is 6.84. The van der Waals surface area contributed by atoms with E-state index in [2.05, 4.69) is 10.1 Å². The highest BCUT2D eigenvalue weighted by molar-refractivity contribution is 6.30. The SMILES string of the molecule is COc1ccc(-c2nc(N)nn2-c2ccc(Cl)cc2)cc1. The Kier molecular flexibility index (Phi) is 3.50. The average molecular weight is 301 g/mol. The van der Waals surface area contributed by atoms with Gasteiger partial charge in [0.2, 0.25) is 5.95 Å². The Morgan fingerprint density at radius 3 is 2.33 bits per heavy atom. The first-order valence-electron chi connectivity index (χ1n) is 6.30. The molecule has 1 heterocycles. The van der Waals surface area contributed by atoms with Crippen LogP contribution in [0.25, 0.3) is 17.1 Å². The van der Waals surface area contributed by atoms with Crippen LogP contribution in [0.2, 0.25) is 5.02 Å². The molecule has 0 unspecified atom stereocenters. The third-order valence-corrected chi connectivity index (χ3v) is 3.29. The summed E-state index contributed by atoms with van der Waals surface area (Å²) in [7, 11) is 1.63. The number of hydrogen-bond donors (Lipinski definition) is 1. The van der Waals surface area contributed by atoms with Crippen molar-refractivity contribution in [2.45, 2.75) is 0 Å². The molecule has 0 aliphatic carbocycles. The summed E-state index contributed by atoms with van der Waals surface area (Å²) in [6, 6.07) is 14.9. The summed E-state index contributed by atoms with van der Waals surface area (Å²) in [5.41, 5.74) is 7.49. The van der Waals surface area contributed by atoms with Gasteiger partial charge < -0.3 is 10.5 Å². The minimum Gasteiger partial charge on any atom is -0.497 e. The van der Waals surface area contributed by atoms with E-state index in [0.29, 0.717) is 10.8 Å². The van der Waals surface area contributed by atoms with E-state index >= 15 is 0 Å². The first-order chi connectivity index (χ1) is 10.2. The van der Waals surface area contributed by atoms with E-state index in [1.807, 2.05) is 36.4 Å². The fourth-order valence-electron chi connectivity index (χ4n) is 2.02. The Morgan fingerprint density at radius 1 is 1.05 bits per heavy atom. The van der Waals surface area contributed by atoms with Crippen LogP contribution >= 0.6 is 11.6 Å². The highest BCUT2D eigenvalue weighted by atomic mass is 35.5. The zero-order chi connectivity index (χ0) is 14.8. The standard InChI is InChI=1S/C15H13ClN4O/c1-21-13-8-2-10(3-9-13)14-18-15(17)19-20(14)12-6-4-11(16)5-7-12/h2-9H,1H3,(H2,17,19). The van der Waals surface area contributed by atoms with Gasteiger partial charge in [-0.3, -0.25) is 0 Å². The van der Waals surface area contributed by atoms with Crippen molar-refractivity contribution >= 4 is 17.5 Å². The van der Waals surface area contributed by atoms with Crippen LogP contribution in [0.4, 0.5) is 5.95 Å². The molecule has 0 spiro atoms. The van der Waals surface area contributed by atoms with Gasteiger partial charge in [-0.1, -0.05) is 11.6 Å². The van der Waals surface area contributed by atoms with Crippen LogP contribution in [-0.4, -0.2) is 21.9 Å². The first-order valence-corrected chi connectivity index (χ1v) is 6.68. The number of nitrogens with two attached hydrogens (primary N) is 1. The fourth-order valence-corrected chi connectivity index (χ4v) is 2.14. The molecule has 0 fully saturated rings. The maximum atomic E-state index is 5.91. The normalized spacial score (nSPS) is 10.6. The molecule has 0 aliphatic heterocycles. The van der Waals surface area contributed by atoms with Crippen LogP contribution in [0.1, 0.15) is 0 Å². The van der Waals surface area contributed by atoms with Gasteiger partial charge in [0, 0.05) is 10.6 Å². The minimum absolute atomic E-state index is 0.218. The molecule has 0 saturated carbocycles. The zero-order valence-electron chi connectivity index (χ0n) is 11.3. The molecular weight excluding hydrogens is 288 g/mol. The van der Waals surface area contributed by atoms with E-state index in [0.717, 1.165) is 17.0 Å². The van der Waals surface area contributed by atoms with Crippen molar-refractivity contribution in [1.82, 2.24) is 14.8 Å². The molecule has 106 valence electrons. The van der Waals surface area contributed by atoms with Gasteiger partial charge in [0.25, 0.3) is 0 Å². The Morgan fingerprint density at radius 2 is 1.71 bits per heavy atom. The largest absolute Gasteiger partial charge is 0.497 e. The second kappa shape index (κ2) is 5.46.